The fraction of sp³-hybridized carbons (Fsp3) is 0.562. The van der Waals surface area contributed by atoms with Gasteiger partial charge in [-0.2, -0.15) is 5.26 Å². The first-order valence-electron chi connectivity index (χ1n) is 7.33. The first-order chi connectivity index (χ1) is 10.2. The van der Waals surface area contributed by atoms with Gasteiger partial charge in [-0.1, -0.05) is 12.1 Å². The van der Waals surface area contributed by atoms with Crippen molar-refractivity contribution < 1.29 is 9.47 Å². The minimum Gasteiger partial charge on any atom is -0.476 e. The first-order valence-corrected chi connectivity index (χ1v) is 7.33. The van der Waals surface area contributed by atoms with E-state index in [4.69, 9.17) is 14.7 Å². The molecule has 0 spiro atoms. The van der Waals surface area contributed by atoms with Crippen LogP contribution in [0.3, 0.4) is 0 Å². The van der Waals surface area contributed by atoms with E-state index in [9.17, 15) is 0 Å². The van der Waals surface area contributed by atoms with E-state index >= 15 is 0 Å². The van der Waals surface area contributed by atoms with Crippen LogP contribution in [-0.2, 0) is 11.3 Å². The zero-order chi connectivity index (χ0) is 15.1. The van der Waals surface area contributed by atoms with Crippen molar-refractivity contribution in [3.63, 3.8) is 0 Å². The molecule has 1 aliphatic heterocycles. The van der Waals surface area contributed by atoms with Crippen LogP contribution < -0.4 is 10.1 Å². The third-order valence-electron chi connectivity index (χ3n) is 3.46. The highest BCUT2D eigenvalue weighted by atomic mass is 16.5. The predicted molar refractivity (Wildman–Crippen MR) is 81.1 cm³/mol. The molecule has 0 saturated carbocycles. The number of nitriles is 1. The fourth-order valence-corrected chi connectivity index (χ4v) is 2.28. The molecule has 1 aromatic carbocycles. The number of nitrogens with zero attached hydrogens (tertiary/aromatic N) is 2. The highest BCUT2D eigenvalue weighted by molar-refractivity contribution is 5.27. The van der Waals surface area contributed by atoms with Crippen molar-refractivity contribution in [2.45, 2.75) is 25.7 Å². The summed E-state index contributed by atoms with van der Waals surface area (Å²) in [7, 11) is 2.12. The Morgan fingerprint density at radius 1 is 1.48 bits per heavy atom. The maximum atomic E-state index is 8.71. The minimum atomic E-state index is -0.422. The van der Waals surface area contributed by atoms with E-state index in [0.29, 0.717) is 0 Å². The lowest BCUT2D eigenvalue weighted by atomic mass is 10.2. The average Bonchev–Trinajstić information content (AvgIpc) is 2.49. The summed E-state index contributed by atoms with van der Waals surface area (Å²) in [5.74, 6) is 0.727. The Balaban J connectivity index is 1.72. The Labute approximate surface area is 126 Å². The second-order valence-electron chi connectivity index (χ2n) is 5.42. The van der Waals surface area contributed by atoms with Gasteiger partial charge in [0.05, 0.1) is 12.7 Å². The third-order valence-corrected chi connectivity index (χ3v) is 3.46. The van der Waals surface area contributed by atoms with Gasteiger partial charge in [-0.25, -0.2) is 0 Å². The van der Waals surface area contributed by atoms with Gasteiger partial charge >= 0.3 is 0 Å². The van der Waals surface area contributed by atoms with E-state index in [1.54, 1.807) is 6.92 Å². The van der Waals surface area contributed by atoms with Gasteiger partial charge in [0.2, 0.25) is 0 Å². The number of morpholine rings is 1. The molecule has 114 valence electrons. The van der Waals surface area contributed by atoms with Crippen LogP contribution >= 0.6 is 0 Å². The molecule has 2 unspecified atom stereocenters. The average molecular weight is 289 g/mol. The number of ether oxygens (including phenoxy) is 2. The zero-order valence-electron chi connectivity index (χ0n) is 12.7. The van der Waals surface area contributed by atoms with Crippen LogP contribution in [0.5, 0.6) is 5.75 Å². The van der Waals surface area contributed by atoms with E-state index in [-0.39, 0.29) is 6.10 Å². The van der Waals surface area contributed by atoms with Crippen molar-refractivity contribution in [3.8, 4) is 11.8 Å². The molecule has 1 saturated heterocycles. The molecule has 0 aliphatic carbocycles. The van der Waals surface area contributed by atoms with Gasteiger partial charge in [-0.15, -0.1) is 0 Å². The van der Waals surface area contributed by atoms with Crippen molar-refractivity contribution in [2.24, 2.45) is 0 Å². The molecule has 21 heavy (non-hydrogen) atoms. The summed E-state index contributed by atoms with van der Waals surface area (Å²) in [5, 5.41) is 12.1. The number of rotatable bonds is 6. The smallest absolute Gasteiger partial charge is 0.181 e. The quantitative estimate of drug-likeness (QED) is 0.858. The van der Waals surface area contributed by atoms with Gasteiger partial charge in [0, 0.05) is 26.2 Å². The Bertz CT molecular complexity index is 469. The van der Waals surface area contributed by atoms with Crippen LogP contribution in [0, 0.1) is 11.3 Å². The van der Waals surface area contributed by atoms with Crippen molar-refractivity contribution >= 4 is 0 Å². The molecule has 1 aromatic rings. The lowest BCUT2D eigenvalue weighted by Gasteiger charge is -2.30. The lowest BCUT2D eigenvalue weighted by Crippen LogP contribution is -2.44. The molecule has 0 bridgehead atoms. The number of likely N-dealkylation sites (N-methyl/N-ethyl adjacent to an activating group) is 1. The van der Waals surface area contributed by atoms with Crippen molar-refractivity contribution in [2.75, 3.05) is 33.3 Å². The zero-order valence-corrected chi connectivity index (χ0v) is 12.7. The van der Waals surface area contributed by atoms with Crippen molar-refractivity contribution in [1.29, 1.82) is 5.26 Å². The Morgan fingerprint density at radius 3 is 2.90 bits per heavy atom. The summed E-state index contributed by atoms with van der Waals surface area (Å²) in [6, 6.07) is 9.88. The molecular formula is C16H23N3O2. The number of benzene rings is 1. The molecule has 1 N–H and O–H groups in total. The Hall–Kier alpha value is -1.61. The van der Waals surface area contributed by atoms with Crippen molar-refractivity contribution in [3.05, 3.63) is 29.8 Å². The van der Waals surface area contributed by atoms with E-state index in [2.05, 4.69) is 17.3 Å². The molecule has 0 aromatic heterocycles. The summed E-state index contributed by atoms with van der Waals surface area (Å²) in [5.41, 5.74) is 1.19. The van der Waals surface area contributed by atoms with E-state index in [1.165, 1.54) is 5.56 Å². The maximum absolute atomic E-state index is 8.71. The second kappa shape index (κ2) is 7.99. The van der Waals surface area contributed by atoms with Crippen molar-refractivity contribution in [1.82, 2.24) is 10.2 Å². The molecule has 1 heterocycles. The topological polar surface area (TPSA) is 57.5 Å². The third kappa shape index (κ3) is 5.35. The highest BCUT2D eigenvalue weighted by Crippen LogP contribution is 2.13. The summed E-state index contributed by atoms with van der Waals surface area (Å²) in [6.07, 6.45) is -0.155. The van der Waals surface area contributed by atoms with Crippen LogP contribution in [0.1, 0.15) is 12.5 Å². The van der Waals surface area contributed by atoms with Gasteiger partial charge in [-0.05, 0) is 31.7 Å². The number of nitrogens with one attached hydrogen (secondary N) is 1. The van der Waals surface area contributed by atoms with Crippen LogP contribution in [0.25, 0.3) is 0 Å². The summed E-state index contributed by atoms with van der Waals surface area (Å²) in [6.45, 7) is 6.19. The van der Waals surface area contributed by atoms with Crippen LogP contribution in [-0.4, -0.2) is 50.4 Å². The second-order valence-corrected chi connectivity index (χ2v) is 5.42. The van der Waals surface area contributed by atoms with Gasteiger partial charge in [0.1, 0.15) is 11.8 Å². The summed E-state index contributed by atoms with van der Waals surface area (Å²) in [4.78, 5) is 2.29. The van der Waals surface area contributed by atoms with Crippen LogP contribution in [0.2, 0.25) is 0 Å². The summed E-state index contributed by atoms with van der Waals surface area (Å²) < 4.78 is 11.1. The Morgan fingerprint density at radius 2 is 2.24 bits per heavy atom. The molecule has 2 atom stereocenters. The van der Waals surface area contributed by atoms with Gasteiger partial charge < -0.3 is 19.7 Å². The minimum absolute atomic E-state index is 0.267. The summed E-state index contributed by atoms with van der Waals surface area (Å²) >= 11 is 0. The lowest BCUT2D eigenvalue weighted by molar-refractivity contribution is -0.0182. The fourth-order valence-electron chi connectivity index (χ4n) is 2.28. The molecule has 0 amide bonds. The van der Waals surface area contributed by atoms with E-state index < -0.39 is 6.10 Å². The Kier molecular flexibility index (Phi) is 6.00. The largest absolute Gasteiger partial charge is 0.476 e. The van der Waals surface area contributed by atoms with E-state index in [0.717, 1.165) is 38.5 Å². The number of hydrogen-bond donors (Lipinski definition) is 1. The molecule has 0 radical (unpaired) electrons. The molecular weight excluding hydrogens is 266 g/mol. The monoisotopic (exact) mass is 289 g/mol. The molecule has 1 fully saturated rings. The highest BCUT2D eigenvalue weighted by Gasteiger charge is 2.16. The van der Waals surface area contributed by atoms with Crippen LogP contribution in [0.15, 0.2) is 24.3 Å². The molecule has 1 aliphatic rings. The predicted octanol–water partition coefficient (Wildman–Crippen LogP) is 1.40. The number of hydrogen-bond acceptors (Lipinski definition) is 5. The standard InChI is InChI=1S/C16H23N3O2/c1-13(9-17)21-15-5-3-14(4-6-15)10-18-11-16-12-19(2)7-8-20-16/h3-6,13,16,18H,7-8,10-12H2,1-2H3. The normalized spacial score (nSPS) is 20.7. The van der Waals surface area contributed by atoms with Gasteiger partial charge in [0.15, 0.2) is 6.10 Å². The molecule has 5 heteroatoms. The first kappa shape index (κ1) is 15.8. The molecule has 5 nitrogen and oxygen atoms in total. The van der Waals surface area contributed by atoms with Gasteiger partial charge in [0.25, 0.3) is 0 Å². The van der Waals surface area contributed by atoms with Crippen LogP contribution in [0.4, 0.5) is 0 Å². The maximum Gasteiger partial charge on any atom is 0.181 e. The van der Waals surface area contributed by atoms with E-state index in [1.807, 2.05) is 30.3 Å². The molecule has 2 rings (SSSR count). The van der Waals surface area contributed by atoms with Gasteiger partial charge in [-0.3, -0.25) is 0 Å². The SMILES string of the molecule is CC(C#N)Oc1ccc(CNCC2CN(C)CCO2)cc1.